The number of carboxylic acid groups (broad SMARTS) is 1. The number of nitrogens with zero attached hydrogens (tertiary/aromatic N) is 1. The fraction of sp³-hybridized carbons (Fsp3) is 0.600. The molecule has 0 aromatic carbocycles. The summed E-state index contributed by atoms with van der Waals surface area (Å²) in [5.74, 6) is -0.979. The predicted molar refractivity (Wildman–Crippen MR) is 51.8 cm³/mol. The molecular formula is C10H15NO3. The van der Waals surface area contributed by atoms with Crippen molar-refractivity contribution in [3.63, 3.8) is 0 Å². The molecule has 0 spiro atoms. The van der Waals surface area contributed by atoms with Gasteiger partial charge in [0, 0.05) is 19.5 Å². The summed E-state index contributed by atoms with van der Waals surface area (Å²) < 4.78 is 0. The number of aliphatic carboxylic acids is 1. The molecule has 0 unspecified atom stereocenters. The van der Waals surface area contributed by atoms with Crippen LogP contribution in [0.5, 0.6) is 0 Å². The van der Waals surface area contributed by atoms with E-state index in [4.69, 9.17) is 5.11 Å². The van der Waals surface area contributed by atoms with E-state index in [1.165, 1.54) is 0 Å². The highest BCUT2D eigenvalue weighted by molar-refractivity contribution is 5.78. The highest BCUT2D eigenvalue weighted by Crippen LogP contribution is 2.17. The van der Waals surface area contributed by atoms with E-state index in [0.717, 1.165) is 0 Å². The van der Waals surface area contributed by atoms with Gasteiger partial charge in [0.05, 0.1) is 5.92 Å². The van der Waals surface area contributed by atoms with Crippen LogP contribution in [0, 0.1) is 5.92 Å². The molecule has 1 heterocycles. The Morgan fingerprint density at radius 2 is 2.00 bits per heavy atom. The molecule has 1 amide bonds. The Balaban J connectivity index is 2.38. The molecule has 1 N–H and O–H groups in total. The van der Waals surface area contributed by atoms with Crippen LogP contribution in [0.3, 0.4) is 0 Å². The third kappa shape index (κ3) is 2.58. The summed E-state index contributed by atoms with van der Waals surface area (Å²) in [7, 11) is 0. The second kappa shape index (κ2) is 4.79. The van der Waals surface area contributed by atoms with Crippen molar-refractivity contribution in [2.45, 2.75) is 19.3 Å². The lowest BCUT2D eigenvalue weighted by Crippen LogP contribution is -2.39. The molecule has 0 radical (unpaired) electrons. The maximum atomic E-state index is 11.4. The Labute approximate surface area is 83.2 Å². The lowest BCUT2D eigenvalue weighted by Gasteiger charge is -2.29. The third-order valence-electron chi connectivity index (χ3n) is 2.52. The smallest absolute Gasteiger partial charge is 0.306 e. The molecule has 1 aliphatic rings. The maximum Gasteiger partial charge on any atom is 0.306 e. The molecule has 0 aromatic heterocycles. The van der Waals surface area contributed by atoms with Crippen LogP contribution >= 0.6 is 0 Å². The van der Waals surface area contributed by atoms with Crippen LogP contribution < -0.4 is 0 Å². The van der Waals surface area contributed by atoms with Crippen molar-refractivity contribution in [2.24, 2.45) is 5.92 Å². The van der Waals surface area contributed by atoms with Crippen molar-refractivity contribution in [1.82, 2.24) is 4.90 Å². The summed E-state index contributed by atoms with van der Waals surface area (Å²) in [5.41, 5.74) is 0. The Morgan fingerprint density at radius 1 is 1.43 bits per heavy atom. The molecule has 0 aromatic rings. The molecule has 0 saturated carbocycles. The van der Waals surface area contributed by atoms with Gasteiger partial charge in [0.25, 0.3) is 0 Å². The number of carboxylic acids is 1. The van der Waals surface area contributed by atoms with Crippen LogP contribution in [0.2, 0.25) is 0 Å². The standard InChI is InChI=1S/C10H15NO3/c1-2-3-9(12)11-6-4-8(5-7-11)10(13)14/h2,8H,1,3-7H2,(H,13,14). The zero-order chi connectivity index (χ0) is 10.6. The summed E-state index contributed by atoms with van der Waals surface area (Å²) >= 11 is 0. The molecular weight excluding hydrogens is 182 g/mol. The summed E-state index contributed by atoms with van der Waals surface area (Å²) in [6, 6.07) is 0. The zero-order valence-corrected chi connectivity index (χ0v) is 8.11. The summed E-state index contributed by atoms with van der Waals surface area (Å²) in [6.07, 6.45) is 3.06. The number of likely N-dealkylation sites (tertiary alicyclic amines) is 1. The number of carbonyl (C=O) groups excluding carboxylic acids is 1. The normalized spacial score (nSPS) is 17.9. The minimum atomic E-state index is -0.749. The van der Waals surface area contributed by atoms with Gasteiger partial charge in [-0.15, -0.1) is 6.58 Å². The molecule has 1 rings (SSSR count). The van der Waals surface area contributed by atoms with Crippen LogP contribution in [0.15, 0.2) is 12.7 Å². The monoisotopic (exact) mass is 197 g/mol. The van der Waals surface area contributed by atoms with Gasteiger partial charge in [-0.25, -0.2) is 0 Å². The highest BCUT2D eigenvalue weighted by atomic mass is 16.4. The van der Waals surface area contributed by atoms with Crippen molar-refractivity contribution in [3.8, 4) is 0 Å². The average Bonchev–Trinajstić information content (AvgIpc) is 2.18. The molecule has 1 saturated heterocycles. The van der Waals surface area contributed by atoms with Crippen molar-refractivity contribution in [3.05, 3.63) is 12.7 Å². The Bertz CT molecular complexity index is 242. The molecule has 4 heteroatoms. The molecule has 1 aliphatic heterocycles. The first-order valence-electron chi connectivity index (χ1n) is 4.76. The van der Waals surface area contributed by atoms with E-state index >= 15 is 0 Å². The van der Waals surface area contributed by atoms with E-state index in [9.17, 15) is 9.59 Å². The van der Waals surface area contributed by atoms with Crippen LogP contribution in [-0.4, -0.2) is 35.0 Å². The SMILES string of the molecule is C=CCC(=O)N1CCC(C(=O)O)CC1. The van der Waals surface area contributed by atoms with Gasteiger partial charge in [-0.2, -0.15) is 0 Å². The van der Waals surface area contributed by atoms with E-state index in [-0.39, 0.29) is 11.8 Å². The molecule has 0 atom stereocenters. The van der Waals surface area contributed by atoms with Gasteiger partial charge in [0.1, 0.15) is 0 Å². The van der Waals surface area contributed by atoms with Gasteiger partial charge in [-0.05, 0) is 12.8 Å². The number of amides is 1. The third-order valence-corrected chi connectivity index (χ3v) is 2.52. The second-order valence-electron chi connectivity index (χ2n) is 3.49. The second-order valence-corrected chi connectivity index (χ2v) is 3.49. The van der Waals surface area contributed by atoms with Crippen molar-refractivity contribution < 1.29 is 14.7 Å². The quantitative estimate of drug-likeness (QED) is 0.683. The summed E-state index contributed by atoms with van der Waals surface area (Å²) in [4.78, 5) is 23.7. The molecule has 78 valence electrons. The van der Waals surface area contributed by atoms with Gasteiger partial charge in [0.15, 0.2) is 0 Å². The van der Waals surface area contributed by atoms with E-state index in [1.54, 1.807) is 11.0 Å². The fourth-order valence-electron chi connectivity index (χ4n) is 1.63. The van der Waals surface area contributed by atoms with Gasteiger partial charge in [0.2, 0.25) is 5.91 Å². The summed E-state index contributed by atoms with van der Waals surface area (Å²) in [5, 5.41) is 8.75. The van der Waals surface area contributed by atoms with Gasteiger partial charge in [-0.3, -0.25) is 9.59 Å². The van der Waals surface area contributed by atoms with Crippen LogP contribution in [0.1, 0.15) is 19.3 Å². The van der Waals surface area contributed by atoms with E-state index in [2.05, 4.69) is 6.58 Å². The number of hydrogen-bond donors (Lipinski definition) is 1. The van der Waals surface area contributed by atoms with E-state index in [0.29, 0.717) is 32.4 Å². The molecule has 14 heavy (non-hydrogen) atoms. The topological polar surface area (TPSA) is 57.6 Å². The number of carbonyl (C=O) groups is 2. The lowest BCUT2D eigenvalue weighted by molar-refractivity contribution is -0.145. The first kappa shape index (κ1) is 10.8. The minimum Gasteiger partial charge on any atom is -0.481 e. The first-order valence-corrected chi connectivity index (χ1v) is 4.76. The van der Waals surface area contributed by atoms with Gasteiger partial charge < -0.3 is 10.0 Å². The minimum absolute atomic E-state index is 0.0452. The molecule has 0 bridgehead atoms. The molecule has 4 nitrogen and oxygen atoms in total. The van der Waals surface area contributed by atoms with Gasteiger partial charge >= 0.3 is 5.97 Å². The first-order chi connectivity index (χ1) is 6.65. The number of rotatable bonds is 3. The summed E-state index contributed by atoms with van der Waals surface area (Å²) in [6.45, 7) is 4.62. The maximum absolute atomic E-state index is 11.4. The molecule has 0 aliphatic carbocycles. The molecule has 1 fully saturated rings. The Hall–Kier alpha value is -1.32. The average molecular weight is 197 g/mol. The van der Waals surface area contributed by atoms with E-state index < -0.39 is 5.97 Å². The van der Waals surface area contributed by atoms with Crippen LogP contribution in [-0.2, 0) is 9.59 Å². The van der Waals surface area contributed by atoms with Gasteiger partial charge in [-0.1, -0.05) is 6.08 Å². The fourth-order valence-corrected chi connectivity index (χ4v) is 1.63. The van der Waals surface area contributed by atoms with Crippen LogP contribution in [0.25, 0.3) is 0 Å². The Kier molecular flexibility index (Phi) is 3.68. The van der Waals surface area contributed by atoms with Crippen molar-refractivity contribution in [2.75, 3.05) is 13.1 Å². The van der Waals surface area contributed by atoms with Crippen molar-refractivity contribution in [1.29, 1.82) is 0 Å². The number of piperidine rings is 1. The lowest BCUT2D eigenvalue weighted by atomic mass is 9.97. The predicted octanol–water partition coefficient (Wildman–Crippen LogP) is 0.886. The van der Waals surface area contributed by atoms with Crippen molar-refractivity contribution >= 4 is 11.9 Å². The largest absolute Gasteiger partial charge is 0.481 e. The van der Waals surface area contributed by atoms with E-state index in [1.807, 2.05) is 0 Å². The highest BCUT2D eigenvalue weighted by Gasteiger charge is 2.26. The van der Waals surface area contributed by atoms with Crippen LogP contribution in [0.4, 0.5) is 0 Å². The zero-order valence-electron chi connectivity index (χ0n) is 8.11. The number of hydrogen-bond acceptors (Lipinski definition) is 2. The Morgan fingerprint density at radius 3 is 2.43 bits per heavy atom.